The molecule has 1 N–H and O–H groups in total. The lowest BCUT2D eigenvalue weighted by atomic mass is 10.2. The van der Waals surface area contributed by atoms with Crippen LogP contribution in [0.3, 0.4) is 0 Å². The van der Waals surface area contributed by atoms with Gasteiger partial charge in [-0.05, 0) is 18.2 Å². The number of aliphatic hydroxyl groups excluding tert-OH is 1. The van der Waals surface area contributed by atoms with E-state index in [2.05, 4.69) is 12.6 Å². The van der Waals surface area contributed by atoms with Gasteiger partial charge in [-0.3, -0.25) is 0 Å². The lowest BCUT2D eigenvalue weighted by Crippen LogP contribution is -1.81. The van der Waals surface area contributed by atoms with Gasteiger partial charge >= 0.3 is 0 Å². The van der Waals surface area contributed by atoms with Crippen molar-refractivity contribution in [3.05, 3.63) is 23.1 Å². The molecule has 2 rings (SSSR count). The summed E-state index contributed by atoms with van der Waals surface area (Å²) in [6, 6.07) is 5.79. The summed E-state index contributed by atoms with van der Waals surface area (Å²) in [5.74, 6) is 0.800. The maximum atomic E-state index is 9.01. The predicted octanol–water partition coefficient (Wildman–Crippen LogP) is 2.69. The lowest BCUT2D eigenvalue weighted by molar-refractivity contribution is 0.285. The molecule has 14 heavy (non-hydrogen) atoms. The van der Waals surface area contributed by atoms with Gasteiger partial charge in [-0.15, -0.1) is 24.0 Å². The highest BCUT2D eigenvalue weighted by molar-refractivity contribution is 7.80. The topological polar surface area (TPSA) is 29.5 Å². The molecule has 0 saturated heterocycles. The lowest BCUT2D eigenvalue weighted by Gasteiger charge is -2.01. The van der Waals surface area contributed by atoms with Gasteiger partial charge in [-0.1, -0.05) is 0 Å². The average molecular weight is 226 g/mol. The molecule has 1 aromatic heterocycles. The van der Waals surface area contributed by atoms with Crippen LogP contribution in [0.15, 0.2) is 23.1 Å². The smallest absolute Gasteiger partial charge is 0.121 e. The number of thiophene rings is 1. The summed E-state index contributed by atoms with van der Waals surface area (Å²) in [6.45, 7) is 0.0783. The van der Waals surface area contributed by atoms with E-state index in [9.17, 15) is 0 Å². The highest BCUT2D eigenvalue weighted by atomic mass is 32.1. The Labute approximate surface area is 91.5 Å². The average Bonchev–Trinajstić information content (AvgIpc) is 2.61. The highest BCUT2D eigenvalue weighted by Crippen LogP contribution is 2.34. The van der Waals surface area contributed by atoms with Crippen LogP contribution in [-0.4, -0.2) is 12.2 Å². The second-order valence-corrected chi connectivity index (χ2v) is 4.58. The number of hydrogen-bond donors (Lipinski definition) is 2. The van der Waals surface area contributed by atoms with Crippen LogP contribution in [0, 0.1) is 0 Å². The van der Waals surface area contributed by atoms with Gasteiger partial charge in [-0.25, -0.2) is 0 Å². The second kappa shape index (κ2) is 3.81. The third kappa shape index (κ3) is 1.61. The van der Waals surface area contributed by atoms with Gasteiger partial charge < -0.3 is 9.84 Å². The maximum Gasteiger partial charge on any atom is 0.121 e. The molecule has 0 aliphatic rings. The van der Waals surface area contributed by atoms with Crippen molar-refractivity contribution >= 4 is 34.1 Å². The Morgan fingerprint density at radius 2 is 2.21 bits per heavy atom. The molecule has 74 valence electrons. The van der Waals surface area contributed by atoms with E-state index in [0.717, 1.165) is 25.6 Å². The first-order valence-corrected chi connectivity index (χ1v) is 5.41. The Balaban J connectivity index is 2.67. The third-order valence-corrected chi connectivity index (χ3v) is 3.47. The van der Waals surface area contributed by atoms with Crippen LogP contribution in [0.2, 0.25) is 0 Å². The van der Waals surface area contributed by atoms with E-state index in [-0.39, 0.29) is 6.61 Å². The monoisotopic (exact) mass is 226 g/mol. The van der Waals surface area contributed by atoms with E-state index < -0.39 is 0 Å². The van der Waals surface area contributed by atoms with Crippen LogP contribution in [0.1, 0.15) is 4.88 Å². The third-order valence-electron chi connectivity index (χ3n) is 2.03. The molecule has 0 fully saturated rings. The fourth-order valence-electron chi connectivity index (χ4n) is 1.34. The summed E-state index contributed by atoms with van der Waals surface area (Å²) in [5, 5.41) is 10.1. The highest BCUT2D eigenvalue weighted by Gasteiger charge is 2.06. The van der Waals surface area contributed by atoms with Gasteiger partial charge in [0, 0.05) is 19.9 Å². The SMILES string of the molecule is COc1cc(S)c2cc(CO)sc2c1. The molecule has 1 aromatic carbocycles. The zero-order chi connectivity index (χ0) is 10.1. The van der Waals surface area contributed by atoms with E-state index in [0.29, 0.717) is 0 Å². The summed E-state index contributed by atoms with van der Waals surface area (Å²) in [6.07, 6.45) is 0. The molecule has 2 nitrogen and oxygen atoms in total. The maximum absolute atomic E-state index is 9.01. The van der Waals surface area contributed by atoms with Crippen molar-refractivity contribution in [1.82, 2.24) is 0 Å². The van der Waals surface area contributed by atoms with Crippen molar-refractivity contribution in [2.24, 2.45) is 0 Å². The van der Waals surface area contributed by atoms with E-state index in [4.69, 9.17) is 9.84 Å². The van der Waals surface area contributed by atoms with Crippen molar-refractivity contribution in [3.63, 3.8) is 0 Å². The molecule has 0 spiro atoms. The van der Waals surface area contributed by atoms with Crippen molar-refractivity contribution in [1.29, 1.82) is 0 Å². The number of methoxy groups -OCH3 is 1. The molecule has 0 saturated carbocycles. The number of ether oxygens (including phenoxy) is 1. The summed E-state index contributed by atoms with van der Waals surface area (Å²) < 4.78 is 6.24. The number of hydrogen-bond acceptors (Lipinski definition) is 4. The summed E-state index contributed by atoms with van der Waals surface area (Å²) in [5.41, 5.74) is 0. The first-order valence-electron chi connectivity index (χ1n) is 4.15. The van der Waals surface area contributed by atoms with E-state index in [1.165, 1.54) is 0 Å². The Morgan fingerprint density at radius 1 is 1.43 bits per heavy atom. The van der Waals surface area contributed by atoms with E-state index >= 15 is 0 Å². The van der Waals surface area contributed by atoms with Crippen molar-refractivity contribution in [3.8, 4) is 5.75 Å². The first kappa shape index (κ1) is 9.83. The Hall–Kier alpha value is -0.710. The zero-order valence-electron chi connectivity index (χ0n) is 7.65. The predicted molar refractivity (Wildman–Crippen MR) is 61.6 cm³/mol. The number of fused-ring (bicyclic) bond motifs is 1. The molecule has 1 heterocycles. The van der Waals surface area contributed by atoms with Gasteiger partial charge in [0.25, 0.3) is 0 Å². The van der Waals surface area contributed by atoms with Crippen LogP contribution in [0.25, 0.3) is 10.1 Å². The minimum Gasteiger partial charge on any atom is -0.497 e. The van der Waals surface area contributed by atoms with Gasteiger partial charge in [0.05, 0.1) is 13.7 Å². The largest absolute Gasteiger partial charge is 0.497 e. The quantitative estimate of drug-likeness (QED) is 0.771. The molecule has 0 bridgehead atoms. The van der Waals surface area contributed by atoms with E-state index in [1.54, 1.807) is 18.4 Å². The molecule has 4 heteroatoms. The molecule has 2 aromatic rings. The zero-order valence-corrected chi connectivity index (χ0v) is 9.36. The Bertz CT molecular complexity index is 462. The normalized spacial score (nSPS) is 10.8. The first-order chi connectivity index (χ1) is 6.74. The van der Waals surface area contributed by atoms with E-state index in [1.807, 2.05) is 18.2 Å². The van der Waals surface area contributed by atoms with Crippen LogP contribution in [0.5, 0.6) is 5.75 Å². The number of thiol groups is 1. The minimum absolute atomic E-state index is 0.0783. The fraction of sp³-hybridized carbons (Fsp3) is 0.200. The van der Waals surface area contributed by atoms with Crippen LogP contribution in [-0.2, 0) is 6.61 Å². The molecular formula is C10H10O2S2. The minimum atomic E-state index is 0.0783. The Kier molecular flexibility index (Phi) is 2.67. The molecule has 0 atom stereocenters. The number of benzene rings is 1. The number of rotatable bonds is 2. The summed E-state index contributed by atoms with van der Waals surface area (Å²) in [7, 11) is 1.63. The Morgan fingerprint density at radius 3 is 2.86 bits per heavy atom. The fourth-order valence-corrected chi connectivity index (χ4v) is 2.71. The summed E-state index contributed by atoms with van der Waals surface area (Å²) >= 11 is 5.93. The van der Waals surface area contributed by atoms with Crippen molar-refractivity contribution < 1.29 is 9.84 Å². The van der Waals surface area contributed by atoms with Crippen molar-refractivity contribution in [2.45, 2.75) is 11.5 Å². The molecule has 0 unspecified atom stereocenters. The van der Waals surface area contributed by atoms with Gasteiger partial charge in [-0.2, -0.15) is 0 Å². The standard InChI is InChI=1S/C10H10O2S2/c1-12-6-2-9(13)8-4-7(5-11)14-10(8)3-6/h2-4,11,13H,5H2,1H3. The molecule has 0 amide bonds. The van der Waals surface area contributed by atoms with Gasteiger partial charge in [0.15, 0.2) is 0 Å². The summed E-state index contributed by atoms with van der Waals surface area (Å²) in [4.78, 5) is 1.83. The van der Waals surface area contributed by atoms with Crippen LogP contribution >= 0.6 is 24.0 Å². The second-order valence-electron chi connectivity index (χ2n) is 2.93. The molecular weight excluding hydrogens is 216 g/mol. The molecule has 0 radical (unpaired) electrons. The number of aliphatic hydroxyl groups is 1. The van der Waals surface area contributed by atoms with Crippen molar-refractivity contribution in [2.75, 3.05) is 7.11 Å². The van der Waals surface area contributed by atoms with Crippen LogP contribution in [0.4, 0.5) is 0 Å². The van der Waals surface area contributed by atoms with Crippen LogP contribution < -0.4 is 4.74 Å². The molecule has 0 aliphatic heterocycles. The van der Waals surface area contributed by atoms with Gasteiger partial charge in [0.1, 0.15) is 5.75 Å². The van der Waals surface area contributed by atoms with Gasteiger partial charge in [0.2, 0.25) is 0 Å². The molecule has 0 aliphatic carbocycles.